The molecule has 0 atom stereocenters. The molecule has 0 aliphatic carbocycles. The third kappa shape index (κ3) is 4.63. The molecular weight excluding hydrogens is 255 g/mol. The van der Waals surface area contributed by atoms with Gasteiger partial charge in [0.15, 0.2) is 0 Å². The minimum Gasteiger partial charge on any atom is -0.324 e. The van der Waals surface area contributed by atoms with Crippen LogP contribution in [0.15, 0.2) is 18.2 Å². The maximum Gasteiger partial charge on any atom is 0.238 e. The van der Waals surface area contributed by atoms with Gasteiger partial charge in [-0.15, -0.1) is 0 Å². The third-order valence-corrected chi connectivity index (χ3v) is 3.13. The molecule has 1 amide bonds. The Hall–Kier alpha value is -1.13. The van der Waals surface area contributed by atoms with Crippen molar-refractivity contribution >= 4 is 23.2 Å². The molecule has 0 unspecified atom stereocenters. The zero-order valence-corrected chi connectivity index (χ0v) is 11.6. The highest BCUT2D eigenvalue weighted by Gasteiger charge is 2.15. The smallest absolute Gasteiger partial charge is 0.238 e. The first-order chi connectivity index (χ1) is 8.34. The highest BCUT2D eigenvalue weighted by atomic mass is 35.5. The molecule has 100 valence electrons. The fraction of sp³-hybridized carbons (Fsp3) is 0.462. The second-order valence-corrected chi connectivity index (χ2v) is 5.17. The van der Waals surface area contributed by atoms with Crippen LogP contribution in [-0.2, 0) is 4.79 Å². The Bertz CT molecular complexity index is 435. The first-order valence-corrected chi connectivity index (χ1v) is 6.22. The van der Waals surface area contributed by atoms with Gasteiger partial charge in [-0.3, -0.25) is 4.79 Å². The lowest BCUT2D eigenvalue weighted by Crippen LogP contribution is -2.43. The maximum atomic E-state index is 12.8. The second-order valence-electron chi connectivity index (χ2n) is 4.76. The number of benzene rings is 1. The van der Waals surface area contributed by atoms with E-state index in [0.717, 1.165) is 6.42 Å². The lowest BCUT2D eigenvalue weighted by atomic mass is 10.0. The number of carbonyl (C=O) groups is 1. The van der Waals surface area contributed by atoms with E-state index in [1.54, 1.807) is 0 Å². The standard InChI is InChI=1S/C13H18ClFN2O/c1-4-13(2,3)16-8-12(18)17-11-6-5-9(15)7-10(11)14/h5-7,16H,4,8H2,1-3H3,(H,17,18). The van der Waals surface area contributed by atoms with Crippen molar-refractivity contribution in [3.05, 3.63) is 29.0 Å². The molecule has 0 spiro atoms. The molecule has 18 heavy (non-hydrogen) atoms. The molecule has 1 aromatic carbocycles. The molecule has 0 fully saturated rings. The minimum atomic E-state index is -0.428. The van der Waals surface area contributed by atoms with Gasteiger partial charge in [0.1, 0.15) is 5.82 Å². The fourth-order valence-corrected chi connectivity index (χ4v) is 1.44. The molecule has 2 N–H and O–H groups in total. The Morgan fingerprint density at radius 2 is 2.11 bits per heavy atom. The van der Waals surface area contributed by atoms with E-state index in [0.29, 0.717) is 5.69 Å². The van der Waals surface area contributed by atoms with E-state index in [1.807, 2.05) is 20.8 Å². The quantitative estimate of drug-likeness (QED) is 0.864. The number of amides is 1. The summed E-state index contributed by atoms with van der Waals surface area (Å²) < 4.78 is 12.8. The third-order valence-electron chi connectivity index (χ3n) is 2.82. The van der Waals surface area contributed by atoms with E-state index in [9.17, 15) is 9.18 Å². The van der Waals surface area contributed by atoms with Crippen LogP contribution in [0.3, 0.4) is 0 Å². The summed E-state index contributed by atoms with van der Waals surface area (Å²) in [5.74, 6) is -0.631. The number of halogens is 2. The molecule has 0 radical (unpaired) electrons. The van der Waals surface area contributed by atoms with Crippen molar-refractivity contribution in [3.63, 3.8) is 0 Å². The molecule has 1 aromatic rings. The van der Waals surface area contributed by atoms with Crippen molar-refractivity contribution in [3.8, 4) is 0 Å². The van der Waals surface area contributed by atoms with Gasteiger partial charge in [0.05, 0.1) is 17.3 Å². The molecule has 0 aliphatic heterocycles. The van der Waals surface area contributed by atoms with Crippen LogP contribution in [0.5, 0.6) is 0 Å². The van der Waals surface area contributed by atoms with Crippen molar-refractivity contribution in [2.75, 3.05) is 11.9 Å². The minimum absolute atomic E-state index is 0.0933. The average Bonchev–Trinajstić information content (AvgIpc) is 2.30. The number of rotatable bonds is 5. The van der Waals surface area contributed by atoms with Gasteiger partial charge in [0.25, 0.3) is 0 Å². The summed E-state index contributed by atoms with van der Waals surface area (Å²) in [6, 6.07) is 3.87. The van der Waals surface area contributed by atoms with Crippen LogP contribution < -0.4 is 10.6 Å². The number of hydrogen-bond donors (Lipinski definition) is 2. The van der Waals surface area contributed by atoms with E-state index in [4.69, 9.17) is 11.6 Å². The highest BCUT2D eigenvalue weighted by molar-refractivity contribution is 6.33. The maximum absolute atomic E-state index is 12.8. The Morgan fingerprint density at radius 1 is 1.44 bits per heavy atom. The molecule has 0 saturated carbocycles. The zero-order valence-electron chi connectivity index (χ0n) is 10.8. The molecule has 0 bridgehead atoms. The predicted molar refractivity (Wildman–Crippen MR) is 72.4 cm³/mol. The van der Waals surface area contributed by atoms with Crippen LogP contribution in [0, 0.1) is 5.82 Å². The summed E-state index contributed by atoms with van der Waals surface area (Å²) in [6.07, 6.45) is 0.914. The first-order valence-electron chi connectivity index (χ1n) is 5.84. The van der Waals surface area contributed by atoms with Crippen LogP contribution in [0.4, 0.5) is 10.1 Å². The normalized spacial score (nSPS) is 11.4. The Balaban J connectivity index is 2.55. The SMILES string of the molecule is CCC(C)(C)NCC(=O)Nc1ccc(F)cc1Cl. The zero-order chi connectivity index (χ0) is 13.8. The second kappa shape index (κ2) is 6.16. The summed E-state index contributed by atoms with van der Waals surface area (Å²) in [5.41, 5.74) is 0.323. The van der Waals surface area contributed by atoms with Gasteiger partial charge in [0, 0.05) is 5.54 Å². The lowest BCUT2D eigenvalue weighted by Gasteiger charge is -2.24. The largest absolute Gasteiger partial charge is 0.324 e. The van der Waals surface area contributed by atoms with Gasteiger partial charge in [-0.25, -0.2) is 4.39 Å². The molecule has 0 saturated heterocycles. The summed E-state index contributed by atoms with van der Waals surface area (Å²) in [5, 5.41) is 5.96. The summed E-state index contributed by atoms with van der Waals surface area (Å²) in [6.45, 7) is 6.27. The summed E-state index contributed by atoms with van der Waals surface area (Å²) in [7, 11) is 0. The van der Waals surface area contributed by atoms with Gasteiger partial charge in [-0.2, -0.15) is 0 Å². The summed E-state index contributed by atoms with van der Waals surface area (Å²) in [4.78, 5) is 11.7. The number of carbonyl (C=O) groups excluding carboxylic acids is 1. The molecule has 1 rings (SSSR count). The Morgan fingerprint density at radius 3 is 2.67 bits per heavy atom. The van der Waals surface area contributed by atoms with Gasteiger partial charge in [-0.05, 0) is 38.5 Å². The van der Waals surface area contributed by atoms with E-state index in [-0.39, 0.29) is 23.0 Å². The van der Waals surface area contributed by atoms with E-state index in [2.05, 4.69) is 10.6 Å². The lowest BCUT2D eigenvalue weighted by molar-refractivity contribution is -0.115. The van der Waals surface area contributed by atoms with E-state index in [1.165, 1.54) is 18.2 Å². The van der Waals surface area contributed by atoms with Gasteiger partial charge in [0.2, 0.25) is 5.91 Å². The molecule has 0 aromatic heterocycles. The van der Waals surface area contributed by atoms with Crippen LogP contribution >= 0.6 is 11.6 Å². The van der Waals surface area contributed by atoms with Crippen molar-refractivity contribution in [1.29, 1.82) is 0 Å². The van der Waals surface area contributed by atoms with Crippen molar-refractivity contribution < 1.29 is 9.18 Å². The Labute approximate surface area is 112 Å². The topological polar surface area (TPSA) is 41.1 Å². The van der Waals surface area contributed by atoms with Gasteiger partial charge >= 0.3 is 0 Å². The molecular formula is C13H18ClFN2O. The molecule has 0 heterocycles. The van der Waals surface area contributed by atoms with Crippen LogP contribution in [0.25, 0.3) is 0 Å². The fourth-order valence-electron chi connectivity index (χ4n) is 1.23. The molecule has 0 aliphatic rings. The van der Waals surface area contributed by atoms with E-state index >= 15 is 0 Å². The van der Waals surface area contributed by atoms with E-state index < -0.39 is 5.82 Å². The van der Waals surface area contributed by atoms with Crippen LogP contribution in [-0.4, -0.2) is 18.0 Å². The first kappa shape index (κ1) is 14.9. The number of hydrogen-bond acceptors (Lipinski definition) is 2. The van der Waals surface area contributed by atoms with Crippen molar-refractivity contribution in [2.24, 2.45) is 0 Å². The average molecular weight is 273 g/mol. The number of nitrogens with one attached hydrogen (secondary N) is 2. The van der Waals surface area contributed by atoms with Gasteiger partial charge in [-0.1, -0.05) is 18.5 Å². The van der Waals surface area contributed by atoms with Crippen LogP contribution in [0.2, 0.25) is 5.02 Å². The predicted octanol–water partition coefficient (Wildman–Crippen LogP) is 3.20. The Kier molecular flexibility index (Phi) is 5.11. The van der Waals surface area contributed by atoms with Gasteiger partial charge < -0.3 is 10.6 Å². The highest BCUT2D eigenvalue weighted by Crippen LogP contribution is 2.22. The van der Waals surface area contributed by atoms with Crippen LogP contribution in [0.1, 0.15) is 27.2 Å². The molecule has 5 heteroatoms. The van der Waals surface area contributed by atoms with Crippen molar-refractivity contribution in [2.45, 2.75) is 32.7 Å². The van der Waals surface area contributed by atoms with Crippen molar-refractivity contribution in [1.82, 2.24) is 5.32 Å². The monoisotopic (exact) mass is 272 g/mol. The summed E-state index contributed by atoms with van der Waals surface area (Å²) >= 11 is 5.82. The number of anilines is 1. The molecule has 3 nitrogen and oxygen atoms in total.